The number of nitrogens with one attached hydrogen (secondary N) is 1. The van der Waals surface area contributed by atoms with Gasteiger partial charge in [-0.1, -0.05) is 13.0 Å². The van der Waals surface area contributed by atoms with Gasteiger partial charge in [0.05, 0.1) is 0 Å². The Bertz CT molecular complexity index is 484. The quantitative estimate of drug-likeness (QED) is 0.459. The first-order valence-electron chi connectivity index (χ1n) is 5.08. The maximum Gasteiger partial charge on any atom is 1.00 e. The molecule has 0 saturated heterocycles. The Morgan fingerprint density at radius 3 is 2.72 bits per heavy atom. The zero-order valence-electron chi connectivity index (χ0n) is 11.3. The fourth-order valence-electron chi connectivity index (χ4n) is 1.34. The van der Waals surface area contributed by atoms with E-state index >= 15 is 0 Å². The second kappa shape index (κ2) is 7.85. The Labute approximate surface area is 130 Å². The second-order valence-corrected chi connectivity index (χ2v) is 5.09. The van der Waals surface area contributed by atoms with Gasteiger partial charge in [-0.25, -0.2) is 0 Å². The van der Waals surface area contributed by atoms with Crippen molar-refractivity contribution in [2.75, 3.05) is 0 Å². The van der Waals surface area contributed by atoms with E-state index in [4.69, 9.17) is 4.55 Å². The fourth-order valence-corrected chi connectivity index (χ4v) is 2.11. The van der Waals surface area contributed by atoms with Gasteiger partial charge in [0, 0.05) is 18.9 Å². The monoisotopic (exact) mass is 282 g/mol. The molecule has 6 nitrogen and oxygen atoms in total. The summed E-state index contributed by atoms with van der Waals surface area (Å²) in [5, 5.41) is 1.02. The first-order valence-corrected chi connectivity index (χ1v) is 6.58. The number of nitrogens with zero attached hydrogens (tertiary/aromatic N) is 1. The van der Waals surface area contributed by atoms with Crippen LogP contribution in [0, 0.1) is 0 Å². The summed E-state index contributed by atoms with van der Waals surface area (Å²) < 4.78 is 30.6. The minimum absolute atomic E-state index is 0. The third kappa shape index (κ3) is 5.45. The van der Waals surface area contributed by atoms with Gasteiger partial charge < -0.3 is 6.74 Å². The first kappa shape index (κ1) is 17.5. The van der Waals surface area contributed by atoms with Crippen molar-refractivity contribution in [3.8, 4) is 0 Å². The van der Waals surface area contributed by atoms with Crippen molar-refractivity contribution in [2.45, 2.75) is 25.1 Å². The number of aromatic nitrogens is 1. The number of carbonyl (C=O) groups is 1. The second-order valence-electron chi connectivity index (χ2n) is 3.49. The Morgan fingerprint density at radius 2 is 2.28 bits per heavy atom. The van der Waals surface area contributed by atoms with Crippen LogP contribution in [0.15, 0.2) is 24.5 Å². The van der Waals surface area contributed by atoms with Crippen LogP contribution in [-0.4, -0.2) is 29.1 Å². The van der Waals surface area contributed by atoms with Crippen molar-refractivity contribution >= 4 is 16.0 Å². The molecule has 18 heavy (non-hydrogen) atoms. The van der Waals surface area contributed by atoms with Crippen molar-refractivity contribution in [2.24, 2.45) is 0 Å². The Morgan fingerprint density at radius 1 is 1.61 bits per heavy atom. The molecule has 1 amide bonds. The van der Waals surface area contributed by atoms with E-state index in [2.05, 4.69) is 10.3 Å². The zero-order valence-corrected chi connectivity index (χ0v) is 13.1. The van der Waals surface area contributed by atoms with E-state index in [-0.39, 0.29) is 43.9 Å². The van der Waals surface area contributed by atoms with E-state index in [9.17, 15) is 13.2 Å². The maximum atomic E-state index is 11.5. The molecule has 0 aliphatic carbocycles. The van der Waals surface area contributed by atoms with E-state index in [1.807, 2.05) is 0 Å². The molecule has 0 aliphatic rings. The molecule has 8 heteroatoms. The molecule has 0 spiro atoms. The molecular weight excluding hydrogens is 267 g/mol. The van der Waals surface area contributed by atoms with Gasteiger partial charge in [0.1, 0.15) is 0 Å². The molecule has 1 heterocycles. The van der Waals surface area contributed by atoms with Crippen LogP contribution in [-0.2, 0) is 21.5 Å². The Kier molecular flexibility index (Phi) is 7.65. The average Bonchev–Trinajstić information content (AvgIpc) is 2.27. The van der Waals surface area contributed by atoms with E-state index in [1.54, 1.807) is 24.5 Å². The number of rotatable bonds is 5. The summed E-state index contributed by atoms with van der Waals surface area (Å²) in [7, 11) is -4.35. The van der Waals surface area contributed by atoms with E-state index in [1.165, 1.54) is 6.92 Å². The zero-order chi connectivity index (χ0) is 12.9. The molecule has 0 bridgehead atoms. The third-order valence-corrected chi connectivity index (χ3v) is 3.48. The van der Waals surface area contributed by atoms with Crippen molar-refractivity contribution in [1.82, 2.24) is 10.3 Å². The van der Waals surface area contributed by atoms with Gasteiger partial charge in [0.2, 0.25) is 5.91 Å². The standard InChI is InChI=1S/C10H14N2O4S.Na.H/c1-2-9(17(14,15)16)10(13)12-7-8-4-3-5-11-6-8;;/h3-6,9H,2,7H2,1H3,(H,12,13)(H,14,15,16);;/q;+1;-1. The molecule has 0 fully saturated rings. The van der Waals surface area contributed by atoms with E-state index in [0.29, 0.717) is 0 Å². The van der Waals surface area contributed by atoms with Crippen LogP contribution in [0.3, 0.4) is 0 Å². The van der Waals surface area contributed by atoms with E-state index < -0.39 is 21.3 Å². The fraction of sp³-hybridized carbons (Fsp3) is 0.400. The van der Waals surface area contributed by atoms with Crippen LogP contribution in [0.5, 0.6) is 0 Å². The molecule has 96 valence electrons. The average molecular weight is 282 g/mol. The summed E-state index contributed by atoms with van der Waals surface area (Å²) in [6.45, 7) is 1.70. The maximum absolute atomic E-state index is 11.5. The summed E-state index contributed by atoms with van der Waals surface area (Å²) >= 11 is 0. The van der Waals surface area contributed by atoms with Crippen LogP contribution >= 0.6 is 0 Å². The van der Waals surface area contributed by atoms with Gasteiger partial charge in [-0.15, -0.1) is 0 Å². The number of amides is 1. The Hall–Kier alpha value is -0.470. The van der Waals surface area contributed by atoms with Gasteiger partial charge in [-0.05, 0) is 18.1 Å². The number of hydrogen-bond donors (Lipinski definition) is 2. The van der Waals surface area contributed by atoms with Crippen LogP contribution in [0.1, 0.15) is 20.3 Å². The first-order chi connectivity index (χ1) is 7.95. The molecule has 0 radical (unpaired) electrons. The summed E-state index contributed by atoms with van der Waals surface area (Å²) in [6.07, 6.45) is 3.19. The molecule has 1 rings (SSSR count). The van der Waals surface area contributed by atoms with Crippen LogP contribution in [0.4, 0.5) is 0 Å². The molecule has 1 aromatic heterocycles. The molecule has 0 saturated carbocycles. The predicted molar refractivity (Wildman–Crippen MR) is 62.8 cm³/mol. The van der Waals surface area contributed by atoms with Gasteiger partial charge in [0.15, 0.2) is 5.25 Å². The number of hydrogen-bond acceptors (Lipinski definition) is 4. The molecule has 1 aromatic rings. The largest absolute Gasteiger partial charge is 1.00 e. The topological polar surface area (TPSA) is 96.4 Å². The molecule has 0 aliphatic heterocycles. The smallest absolute Gasteiger partial charge is 1.00 e. The molecule has 1 atom stereocenters. The van der Waals surface area contributed by atoms with Gasteiger partial charge in [0.25, 0.3) is 10.1 Å². The molecular formula is C10H15N2NaO4S. The Balaban J connectivity index is 0. The summed E-state index contributed by atoms with van der Waals surface area (Å²) in [6, 6.07) is 3.46. The minimum atomic E-state index is -4.35. The molecule has 2 N–H and O–H groups in total. The number of carbonyl (C=O) groups excluding carboxylic acids is 1. The molecule has 1 unspecified atom stereocenters. The van der Waals surface area contributed by atoms with Crippen LogP contribution in [0.2, 0.25) is 0 Å². The van der Waals surface area contributed by atoms with Crippen molar-refractivity contribution in [1.29, 1.82) is 0 Å². The van der Waals surface area contributed by atoms with Crippen molar-refractivity contribution < 1.29 is 48.7 Å². The van der Waals surface area contributed by atoms with Crippen LogP contribution in [0.25, 0.3) is 0 Å². The SMILES string of the molecule is CCC(C(=O)NCc1cccnc1)S(=O)(=O)O.[H-].[Na+]. The van der Waals surface area contributed by atoms with Crippen LogP contribution < -0.4 is 34.9 Å². The van der Waals surface area contributed by atoms with E-state index in [0.717, 1.165) is 5.56 Å². The summed E-state index contributed by atoms with van der Waals surface area (Å²) in [5.74, 6) is -0.709. The molecule has 0 aromatic carbocycles. The van der Waals surface area contributed by atoms with Crippen molar-refractivity contribution in [3.63, 3.8) is 0 Å². The summed E-state index contributed by atoms with van der Waals surface area (Å²) in [5.41, 5.74) is 0.756. The van der Waals surface area contributed by atoms with Gasteiger partial charge in [-0.2, -0.15) is 8.42 Å². The number of pyridine rings is 1. The van der Waals surface area contributed by atoms with Gasteiger partial charge in [-0.3, -0.25) is 14.3 Å². The third-order valence-electron chi connectivity index (χ3n) is 2.21. The normalized spacial score (nSPS) is 12.3. The predicted octanol–water partition coefficient (Wildman–Crippen LogP) is -2.52. The van der Waals surface area contributed by atoms with Gasteiger partial charge >= 0.3 is 29.6 Å². The summed E-state index contributed by atoms with van der Waals surface area (Å²) in [4.78, 5) is 15.4. The van der Waals surface area contributed by atoms with Crippen molar-refractivity contribution in [3.05, 3.63) is 30.1 Å². The minimum Gasteiger partial charge on any atom is -1.00 e.